The molecule has 4 atom stereocenters. The van der Waals surface area contributed by atoms with Crippen LogP contribution in [0.15, 0.2) is 78.9 Å². The lowest BCUT2D eigenvalue weighted by Gasteiger charge is -2.29. The minimum Gasteiger partial charge on any atom is -0.366 e. The maximum absolute atomic E-state index is 13.9. The highest BCUT2D eigenvalue weighted by Crippen LogP contribution is 2.53. The maximum Gasteiger partial charge on any atom is 0.250 e. The number of amides is 4. The molecule has 2 saturated heterocycles. The zero-order valence-corrected chi connectivity index (χ0v) is 18.6. The Morgan fingerprint density at radius 3 is 2.29 bits per heavy atom. The van der Waals surface area contributed by atoms with E-state index in [1.165, 1.54) is 24.3 Å². The molecule has 4 N–H and O–H groups in total. The van der Waals surface area contributed by atoms with Crippen LogP contribution >= 0.6 is 0 Å². The minimum atomic E-state index is -1.35. The summed E-state index contributed by atoms with van der Waals surface area (Å²) in [5.41, 5.74) is 6.91. The molecule has 0 saturated carbocycles. The molecule has 0 bridgehead atoms. The van der Waals surface area contributed by atoms with Crippen molar-refractivity contribution in [3.05, 3.63) is 95.6 Å². The molecule has 0 aromatic heterocycles. The molecule has 3 aliphatic rings. The van der Waals surface area contributed by atoms with Gasteiger partial charge in [-0.2, -0.15) is 0 Å². The van der Waals surface area contributed by atoms with Gasteiger partial charge >= 0.3 is 0 Å². The SMILES string of the molecule is NC(=O)c1ccc(N2C(=O)C3C(Cc4ccccc4)NC4(C(=O)Nc5ccccc54)C3C2=O)cc1. The number of fused-ring (bicyclic) bond motifs is 4. The van der Waals surface area contributed by atoms with E-state index in [0.29, 0.717) is 23.4 Å². The lowest BCUT2D eigenvalue weighted by Crippen LogP contribution is -2.53. The zero-order valence-electron chi connectivity index (χ0n) is 18.6. The molecule has 3 heterocycles. The number of anilines is 2. The largest absolute Gasteiger partial charge is 0.366 e. The van der Waals surface area contributed by atoms with E-state index in [1.54, 1.807) is 6.07 Å². The molecule has 4 unspecified atom stereocenters. The average molecular weight is 466 g/mol. The molecular weight excluding hydrogens is 444 g/mol. The normalized spacial score (nSPS) is 26.7. The van der Waals surface area contributed by atoms with Crippen LogP contribution in [0.4, 0.5) is 11.4 Å². The third-order valence-corrected chi connectivity index (χ3v) is 7.33. The topological polar surface area (TPSA) is 122 Å². The molecule has 0 radical (unpaired) electrons. The van der Waals surface area contributed by atoms with Crippen molar-refractivity contribution in [1.82, 2.24) is 5.32 Å². The summed E-state index contributed by atoms with van der Waals surface area (Å²) in [6.07, 6.45) is 0.479. The molecule has 3 aliphatic heterocycles. The van der Waals surface area contributed by atoms with Crippen LogP contribution in [0.1, 0.15) is 21.5 Å². The molecular formula is C27H22N4O4. The number of benzene rings is 3. The summed E-state index contributed by atoms with van der Waals surface area (Å²) in [6.45, 7) is 0. The van der Waals surface area contributed by atoms with Gasteiger partial charge in [-0.3, -0.25) is 24.5 Å². The van der Waals surface area contributed by atoms with Crippen LogP contribution in [-0.4, -0.2) is 29.7 Å². The number of rotatable bonds is 4. The molecule has 8 heteroatoms. The second kappa shape index (κ2) is 7.61. The first kappa shape index (κ1) is 21.2. The predicted octanol–water partition coefficient (Wildman–Crippen LogP) is 1.95. The Hall–Kier alpha value is -4.30. The van der Waals surface area contributed by atoms with Gasteiger partial charge in [0.2, 0.25) is 23.6 Å². The van der Waals surface area contributed by atoms with Crippen LogP contribution < -0.4 is 21.3 Å². The number of carbonyl (C=O) groups excluding carboxylic acids is 4. The molecule has 2 fully saturated rings. The molecule has 174 valence electrons. The quantitative estimate of drug-likeness (QED) is 0.508. The monoisotopic (exact) mass is 466 g/mol. The Bertz CT molecular complexity index is 1390. The maximum atomic E-state index is 13.9. The highest BCUT2D eigenvalue weighted by Gasteiger charge is 2.70. The van der Waals surface area contributed by atoms with Gasteiger partial charge in [-0.15, -0.1) is 0 Å². The van der Waals surface area contributed by atoms with Crippen molar-refractivity contribution in [2.75, 3.05) is 10.2 Å². The Morgan fingerprint density at radius 1 is 0.886 bits per heavy atom. The first-order valence-electron chi connectivity index (χ1n) is 11.4. The van der Waals surface area contributed by atoms with Crippen molar-refractivity contribution in [3.8, 4) is 0 Å². The molecule has 4 amide bonds. The summed E-state index contributed by atoms with van der Waals surface area (Å²) in [7, 11) is 0. The first-order chi connectivity index (χ1) is 16.9. The number of primary amides is 1. The fraction of sp³-hybridized carbons (Fsp3) is 0.185. The second-order valence-corrected chi connectivity index (χ2v) is 9.17. The number of nitrogens with zero attached hydrogens (tertiary/aromatic N) is 1. The van der Waals surface area contributed by atoms with E-state index in [2.05, 4.69) is 10.6 Å². The number of carbonyl (C=O) groups is 4. The summed E-state index contributed by atoms with van der Waals surface area (Å²) in [4.78, 5) is 53.9. The summed E-state index contributed by atoms with van der Waals surface area (Å²) in [5.74, 6) is -3.40. The number of nitrogens with one attached hydrogen (secondary N) is 2. The molecule has 8 nitrogen and oxygen atoms in total. The van der Waals surface area contributed by atoms with E-state index in [-0.39, 0.29) is 17.4 Å². The van der Waals surface area contributed by atoms with Crippen molar-refractivity contribution in [2.24, 2.45) is 17.6 Å². The summed E-state index contributed by atoms with van der Waals surface area (Å²) >= 11 is 0. The fourth-order valence-corrected chi connectivity index (χ4v) is 5.83. The highest BCUT2D eigenvalue weighted by molar-refractivity contribution is 6.25. The molecule has 3 aromatic carbocycles. The molecule has 1 spiro atoms. The zero-order chi connectivity index (χ0) is 24.3. The fourth-order valence-electron chi connectivity index (χ4n) is 5.83. The van der Waals surface area contributed by atoms with Gasteiger partial charge in [-0.1, -0.05) is 48.5 Å². The van der Waals surface area contributed by atoms with Crippen molar-refractivity contribution in [3.63, 3.8) is 0 Å². The lowest BCUT2D eigenvalue weighted by atomic mass is 9.76. The van der Waals surface area contributed by atoms with Crippen molar-refractivity contribution in [1.29, 1.82) is 0 Å². The molecule has 6 rings (SSSR count). The van der Waals surface area contributed by atoms with Crippen molar-refractivity contribution in [2.45, 2.75) is 18.0 Å². The summed E-state index contributed by atoms with van der Waals surface area (Å²) in [5, 5.41) is 6.34. The number of imide groups is 1. The van der Waals surface area contributed by atoms with Crippen LogP contribution in [0.5, 0.6) is 0 Å². The lowest BCUT2D eigenvalue weighted by molar-refractivity contribution is -0.130. The smallest absolute Gasteiger partial charge is 0.250 e. The van der Waals surface area contributed by atoms with Crippen LogP contribution in [-0.2, 0) is 26.3 Å². The van der Waals surface area contributed by atoms with E-state index >= 15 is 0 Å². The van der Waals surface area contributed by atoms with Gasteiger partial charge < -0.3 is 11.1 Å². The molecule has 3 aromatic rings. The average Bonchev–Trinajstić information content (AvgIpc) is 3.44. The number of nitrogens with two attached hydrogens (primary N) is 1. The summed E-state index contributed by atoms with van der Waals surface area (Å²) < 4.78 is 0. The Balaban J connectivity index is 1.47. The van der Waals surface area contributed by atoms with Gasteiger partial charge in [0.15, 0.2) is 0 Å². The number of para-hydroxylation sites is 1. The van der Waals surface area contributed by atoms with E-state index in [4.69, 9.17) is 5.73 Å². The van der Waals surface area contributed by atoms with E-state index in [9.17, 15) is 19.2 Å². The van der Waals surface area contributed by atoms with E-state index in [1.807, 2.05) is 48.5 Å². The second-order valence-electron chi connectivity index (χ2n) is 9.17. The van der Waals surface area contributed by atoms with Gasteiger partial charge in [0, 0.05) is 22.9 Å². The standard InChI is InChI=1S/C27H22N4O4/c28-23(32)16-10-12-17(13-11-16)31-24(33)21-20(14-15-6-2-1-3-7-15)30-27(22(21)25(31)34)18-8-4-5-9-19(18)29-26(27)35/h1-13,20-22,30H,14H2,(H2,28,32)(H,29,35). The van der Waals surface area contributed by atoms with Crippen LogP contribution in [0.2, 0.25) is 0 Å². The van der Waals surface area contributed by atoms with Gasteiger partial charge in [0.25, 0.3) is 0 Å². The van der Waals surface area contributed by atoms with Gasteiger partial charge in [0.1, 0.15) is 5.54 Å². The van der Waals surface area contributed by atoms with Gasteiger partial charge in [-0.05, 0) is 42.3 Å². The summed E-state index contributed by atoms with van der Waals surface area (Å²) in [6, 6.07) is 22.5. The van der Waals surface area contributed by atoms with Crippen LogP contribution in [0.3, 0.4) is 0 Å². The minimum absolute atomic E-state index is 0.275. The van der Waals surface area contributed by atoms with E-state index < -0.39 is 35.2 Å². The molecule has 0 aliphatic carbocycles. The van der Waals surface area contributed by atoms with Gasteiger partial charge in [0.05, 0.1) is 17.5 Å². The number of hydrogen-bond donors (Lipinski definition) is 3. The van der Waals surface area contributed by atoms with Gasteiger partial charge in [-0.25, -0.2) is 4.90 Å². The third kappa shape index (κ3) is 2.96. The van der Waals surface area contributed by atoms with Crippen LogP contribution in [0, 0.1) is 11.8 Å². The predicted molar refractivity (Wildman–Crippen MR) is 128 cm³/mol. The van der Waals surface area contributed by atoms with Crippen molar-refractivity contribution < 1.29 is 19.2 Å². The Kier molecular flexibility index (Phi) is 4.62. The number of hydrogen-bond acceptors (Lipinski definition) is 5. The van der Waals surface area contributed by atoms with E-state index in [0.717, 1.165) is 10.5 Å². The third-order valence-electron chi connectivity index (χ3n) is 7.33. The van der Waals surface area contributed by atoms with Crippen molar-refractivity contribution >= 4 is 35.0 Å². The highest BCUT2D eigenvalue weighted by atomic mass is 16.2. The Morgan fingerprint density at radius 2 is 1.57 bits per heavy atom. The molecule has 35 heavy (non-hydrogen) atoms. The first-order valence-corrected chi connectivity index (χ1v) is 11.4. The Labute approximate surface area is 201 Å². The van der Waals surface area contributed by atoms with Crippen LogP contribution in [0.25, 0.3) is 0 Å².